The van der Waals surface area contributed by atoms with E-state index >= 15 is 0 Å². The summed E-state index contributed by atoms with van der Waals surface area (Å²) in [7, 11) is -14.2. The molecular weight excluding hydrogens is 547 g/mol. The summed E-state index contributed by atoms with van der Waals surface area (Å²) in [5, 5.41) is 18.6. The van der Waals surface area contributed by atoms with Crippen LogP contribution in [0.15, 0.2) is 85.6 Å². The average Bonchev–Trinajstić information content (AvgIpc) is 2.75. The first kappa shape index (κ1) is 28.1. The second-order valence-corrected chi connectivity index (χ2v) is 11.4. The topological polar surface area (TPSA) is 208 Å². The van der Waals surface area contributed by atoms with Gasteiger partial charge in [-0.25, -0.2) is 0 Å². The average molecular weight is 562 g/mol. The SMILES string of the molecule is O=S(=O)(O)c1ccc2c(N=Nc3ccc(S(=O)(=O)O)c4ccccc34)c(O)c(S(=O)(=O)O)cc2c1.[Na+]. The predicted octanol–water partition coefficient (Wildman–Crippen LogP) is 0.858. The molecule has 4 N–H and O–H groups in total. The summed E-state index contributed by atoms with van der Waals surface area (Å²) >= 11 is 0. The molecule has 4 aromatic carbocycles. The zero-order chi connectivity index (χ0) is 25.8. The molecule has 0 heterocycles. The maximum absolute atomic E-state index is 11.8. The molecule has 0 unspecified atom stereocenters. The zero-order valence-corrected chi connectivity index (χ0v) is 22.6. The Morgan fingerprint density at radius 3 is 1.81 bits per heavy atom. The van der Waals surface area contributed by atoms with Gasteiger partial charge in [-0.3, -0.25) is 13.7 Å². The van der Waals surface area contributed by atoms with Crippen molar-refractivity contribution in [2.24, 2.45) is 10.2 Å². The maximum Gasteiger partial charge on any atom is 1.00 e. The molecule has 0 atom stereocenters. The molecule has 16 heteroatoms. The molecule has 182 valence electrons. The van der Waals surface area contributed by atoms with Crippen molar-refractivity contribution in [3.63, 3.8) is 0 Å². The summed E-state index contributed by atoms with van der Waals surface area (Å²) in [5.74, 6) is -0.984. The summed E-state index contributed by atoms with van der Waals surface area (Å²) in [6.07, 6.45) is 0. The third kappa shape index (κ3) is 5.44. The van der Waals surface area contributed by atoms with Crippen LogP contribution in [0.3, 0.4) is 0 Å². The molecule has 0 radical (unpaired) electrons. The molecule has 0 aromatic heterocycles. The van der Waals surface area contributed by atoms with Crippen LogP contribution in [0.5, 0.6) is 5.75 Å². The Kier molecular flexibility index (Phi) is 7.63. The van der Waals surface area contributed by atoms with Gasteiger partial charge in [-0.2, -0.15) is 25.3 Å². The fraction of sp³-hybridized carbons (Fsp3) is 0. The van der Waals surface area contributed by atoms with Crippen LogP contribution in [0.1, 0.15) is 0 Å². The van der Waals surface area contributed by atoms with Crippen molar-refractivity contribution < 1.29 is 73.6 Å². The predicted molar refractivity (Wildman–Crippen MR) is 123 cm³/mol. The fourth-order valence-corrected chi connectivity index (χ4v) is 5.29. The van der Waals surface area contributed by atoms with Crippen LogP contribution >= 0.6 is 0 Å². The fourth-order valence-electron chi connectivity index (χ4n) is 3.46. The molecule has 0 saturated heterocycles. The molecule has 36 heavy (non-hydrogen) atoms. The molecule has 4 rings (SSSR count). The Balaban J connectivity index is 0.00000361. The molecule has 0 bridgehead atoms. The van der Waals surface area contributed by atoms with Gasteiger partial charge < -0.3 is 5.11 Å². The third-order valence-electron chi connectivity index (χ3n) is 4.99. The van der Waals surface area contributed by atoms with Crippen molar-refractivity contribution in [3.8, 4) is 5.75 Å². The van der Waals surface area contributed by atoms with Gasteiger partial charge in [0.05, 0.1) is 10.6 Å². The Bertz CT molecular complexity index is 1890. The minimum absolute atomic E-state index is 0. The smallest absolute Gasteiger partial charge is 0.504 e. The van der Waals surface area contributed by atoms with Crippen molar-refractivity contribution in [1.82, 2.24) is 0 Å². The van der Waals surface area contributed by atoms with Crippen LogP contribution in [-0.4, -0.2) is 44.0 Å². The zero-order valence-electron chi connectivity index (χ0n) is 18.1. The van der Waals surface area contributed by atoms with E-state index in [4.69, 9.17) is 0 Å². The van der Waals surface area contributed by atoms with E-state index in [0.717, 1.165) is 30.3 Å². The number of rotatable bonds is 5. The molecule has 0 aliphatic heterocycles. The van der Waals surface area contributed by atoms with Gasteiger partial charge in [0.15, 0.2) is 5.75 Å². The minimum atomic E-state index is -4.99. The van der Waals surface area contributed by atoms with E-state index in [2.05, 4.69) is 10.2 Å². The Labute approximate surface area is 226 Å². The molecule has 0 aliphatic rings. The van der Waals surface area contributed by atoms with Gasteiger partial charge in [0, 0.05) is 16.2 Å². The summed E-state index contributed by atoms with van der Waals surface area (Å²) in [6.45, 7) is 0. The van der Waals surface area contributed by atoms with Crippen molar-refractivity contribution in [2.75, 3.05) is 0 Å². The number of nitrogens with zero attached hydrogens (tertiary/aromatic N) is 2. The minimum Gasteiger partial charge on any atom is -0.504 e. The van der Waals surface area contributed by atoms with Crippen LogP contribution in [0.25, 0.3) is 21.5 Å². The Morgan fingerprint density at radius 2 is 1.22 bits per heavy atom. The van der Waals surface area contributed by atoms with E-state index in [1.165, 1.54) is 24.3 Å². The Hall–Kier alpha value is -2.47. The van der Waals surface area contributed by atoms with Gasteiger partial charge in [-0.05, 0) is 35.7 Å². The summed E-state index contributed by atoms with van der Waals surface area (Å²) in [6, 6.07) is 12.1. The van der Waals surface area contributed by atoms with Crippen molar-refractivity contribution in [3.05, 3.63) is 60.7 Å². The van der Waals surface area contributed by atoms with E-state index in [1.54, 1.807) is 6.07 Å². The number of aromatic hydroxyl groups is 1. The van der Waals surface area contributed by atoms with E-state index in [1.807, 2.05) is 0 Å². The second kappa shape index (κ2) is 9.77. The normalized spacial score (nSPS) is 12.8. The maximum atomic E-state index is 11.8. The van der Waals surface area contributed by atoms with Crippen LogP contribution < -0.4 is 29.6 Å². The van der Waals surface area contributed by atoms with E-state index in [0.29, 0.717) is 0 Å². The summed E-state index contributed by atoms with van der Waals surface area (Å²) in [5.41, 5.74) is -0.382. The monoisotopic (exact) mass is 561 g/mol. The van der Waals surface area contributed by atoms with E-state index < -0.39 is 51.6 Å². The second-order valence-electron chi connectivity index (χ2n) is 7.21. The van der Waals surface area contributed by atoms with Crippen LogP contribution in [0, 0.1) is 0 Å². The Morgan fingerprint density at radius 1 is 0.611 bits per heavy atom. The number of hydrogen-bond acceptors (Lipinski definition) is 9. The summed E-state index contributed by atoms with van der Waals surface area (Å²) in [4.78, 5) is -1.95. The van der Waals surface area contributed by atoms with Gasteiger partial charge in [-0.15, -0.1) is 10.2 Å². The number of benzene rings is 4. The quantitative estimate of drug-likeness (QED) is 0.153. The van der Waals surface area contributed by atoms with Gasteiger partial charge >= 0.3 is 29.6 Å². The molecule has 0 amide bonds. The van der Waals surface area contributed by atoms with Crippen molar-refractivity contribution >= 4 is 63.3 Å². The molecular formula is C20H14N2NaO10S3+. The number of fused-ring (bicyclic) bond motifs is 2. The van der Waals surface area contributed by atoms with Gasteiger partial charge in [0.1, 0.15) is 15.5 Å². The van der Waals surface area contributed by atoms with Crippen molar-refractivity contribution in [1.29, 1.82) is 0 Å². The van der Waals surface area contributed by atoms with Crippen LogP contribution in [-0.2, 0) is 30.4 Å². The van der Waals surface area contributed by atoms with Gasteiger partial charge in [0.2, 0.25) is 0 Å². The van der Waals surface area contributed by atoms with Crippen molar-refractivity contribution in [2.45, 2.75) is 14.7 Å². The molecule has 0 saturated carbocycles. The van der Waals surface area contributed by atoms with E-state index in [9.17, 15) is 44.0 Å². The standard InChI is InChI=1S/C20H14N2O10S3.Na/c23-20-18(35(30,31)32)10-11-9-12(33(24,25)26)5-6-13(11)19(20)22-21-16-7-8-17(34(27,28)29)15-4-2-1-3-14(15)16;/h1-10,23H,(H,24,25,26)(H,27,28,29)(H,30,31,32);/q;+1. The molecule has 0 aliphatic carbocycles. The first-order valence-electron chi connectivity index (χ1n) is 9.33. The first-order valence-corrected chi connectivity index (χ1v) is 13.7. The molecule has 0 spiro atoms. The van der Waals surface area contributed by atoms with Gasteiger partial charge in [0.25, 0.3) is 30.4 Å². The summed E-state index contributed by atoms with van der Waals surface area (Å²) < 4.78 is 98.2. The number of phenols is 1. The van der Waals surface area contributed by atoms with Gasteiger partial charge in [-0.1, -0.05) is 30.3 Å². The third-order valence-corrected chi connectivity index (χ3v) is 7.62. The first-order chi connectivity index (χ1) is 16.2. The van der Waals surface area contributed by atoms with Crippen LogP contribution in [0.2, 0.25) is 0 Å². The number of hydrogen-bond donors (Lipinski definition) is 4. The van der Waals surface area contributed by atoms with E-state index in [-0.39, 0.29) is 61.7 Å². The molecule has 4 aromatic rings. The number of phenolic OH excluding ortho intramolecular Hbond substituents is 1. The molecule has 0 fully saturated rings. The largest absolute Gasteiger partial charge is 1.00 e. The number of azo groups is 1. The van der Waals surface area contributed by atoms with Crippen LogP contribution in [0.4, 0.5) is 11.4 Å². The molecule has 12 nitrogen and oxygen atoms in total.